The van der Waals surface area contributed by atoms with Crippen LogP contribution in [0, 0.1) is 48.0 Å². The summed E-state index contributed by atoms with van der Waals surface area (Å²) in [6.07, 6.45) is 1.82. The number of alkyl halides is 1. The first kappa shape index (κ1) is 97.2. The fourth-order valence-electron chi connectivity index (χ4n) is 5.90. The molecular weight excluding hydrogens is 1760 g/mol. The van der Waals surface area contributed by atoms with Gasteiger partial charge in [-0.25, -0.2) is 42.5 Å². The molecule has 0 saturated heterocycles. The summed E-state index contributed by atoms with van der Waals surface area (Å²) in [5.74, 6) is -1.79. The van der Waals surface area contributed by atoms with Crippen molar-refractivity contribution in [2.24, 2.45) is 16.5 Å². The van der Waals surface area contributed by atoms with E-state index in [-0.39, 0.29) is 176 Å². The number of fused-ring (bicyclic) bond motifs is 3. The number of carbonyl (C=O) groups excluding carboxylic acids is 3. The van der Waals surface area contributed by atoms with Gasteiger partial charge in [0, 0.05) is 73.3 Å². The van der Waals surface area contributed by atoms with Gasteiger partial charge >= 0.3 is 193 Å². The number of aliphatic carboxylic acids is 2. The van der Waals surface area contributed by atoms with Crippen LogP contribution in [0.25, 0.3) is 30.6 Å². The Bertz CT molecular complexity index is 3510. The van der Waals surface area contributed by atoms with Crippen LogP contribution in [-0.2, 0) is 28.7 Å². The fourth-order valence-corrected chi connectivity index (χ4v) is 13.9. The number of amides is 2. The largest absolute Gasteiger partial charge is 1.00 e. The average molecular weight is 1830 g/mol. The molecule has 0 unspecified atom stereocenters. The zero-order valence-electron chi connectivity index (χ0n) is 53.2. The Morgan fingerprint density at radius 2 is 1.24 bits per heavy atom. The molecule has 4 heterocycles. The molecule has 0 bridgehead atoms. The first-order valence-corrected chi connectivity index (χ1v) is 39.7. The predicted molar refractivity (Wildman–Crippen MR) is 370 cm³/mol. The summed E-state index contributed by atoms with van der Waals surface area (Å²) in [4.78, 5) is 70.8. The molecule has 95 heavy (non-hydrogen) atoms. The Labute approximate surface area is 695 Å². The van der Waals surface area contributed by atoms with Gasteiger partial charge < -0.3 is 73.3 Å². The van der Waals surface area contributed by atoms with Crippen LogP contribution in [0.4, 0.5) is 22.8 Å². The third-order valence-electron chi connectivity index (χ3n) is 9.74. The summed E-state index contributed by atoms with van der Waals surface area (Å²) < 4.78 is 75.6. The first-order chi connectivity index (χ1) is 43.6. The summed E-state index contributed by atoms with van der Waals surface area (Å²) in [7, 11) is 0. The molecule has 0 fully saturated rings. The van der Waals surface area contributed by atoms with Gasteiger partial charge in [0.1, 0.15) is 39.4 Å². The predicted octanol–water partition coefficient (Wildman–Crippen LogP) is 0.466. The van der Waals surface area contributed by atoms with E-state index in [4.69, 9.17) is 77.5 Å². The standard InChI is InChI=1S/C16H18FN3O3S.C14H14FN3O3S2.C11H10FN3OS.C8H16ClNO2.C3H7NO2S.C2I3.CH2O3.CH4.2K.H/c1-16(2,3)23-15(21)19-5-4-6-22-12-8-13-11(7-10(12)17)20-14(9-18)24-13;15-7-4-8-11(5-10(7)21-3-1-2-16)23-13(17-8)12-18-9(6-22-12)14(19)20;12-7-4-8-10(17-11(6-14)15-8)5-9(7)16-3-1-2-13;1-8(2,3)12-7(11)10-6-4-5-9;4-2(1-7)3(5)6;3-1-2-5-4;2-1-4-3;;;;/h7-8H,4-6H2,1-3H3,(H,19,21);4-5,9H,1-3,6,16H2,(H,19,20);4-5H,1-3,13H2;4-6H2,1-3H3,(H,10,11);2,7H,1,4H2,(H,5,6);;1,3H;1H4;;;/q;;;;;-1;;;2*+1;-1/t;9-;;;2-;;;;;;/m.1..1....../s1. The molecule has 2 atom stereocenters. The Morgan fingerprint density at radius 1 is 0.821 bits per heavy atom. The molecule has 516 valence electrons. The van der Waals surface area contributed by atoms with Gasteiger partial charge in [0.25, 0.3) is 6.47 Å². The second-order valence-electron chi connectivity index (χ2n) is 19.4. The number of thiazole rings is 3. The smallest absolute Gasteiger partial charge is 1.00 e. The first-order valence-electron chi connectivity index (χ1n) is 26.7. The normalized spacial score (nSPS) is 11.8. The molecule has 1 aliphatic rings. The van der Waals surface area contributed by atoms with Gasteiger partial charge in [0.15, 0.2) is 50.8 Å². The number of nitriles is 2. The number of aliphatic imine (C=N–C) groups is 1. The van der Waals surface area contributed by atoms with Gasteiger partial charge in [-0.2, -0.15) is 23.2 Å². The minimum absolute atomic E-state index is 0. The third-order valence-corrected chi connectivity index (χ3v) is 17.6. The van der Waals surface area contributed by atoms with Crippen LogP contribution in [0.15, 0.2) is 41.4 Å². The molecule has 3 aromatic heterocycles. The number of nitrogens with one attached hydrogen (secondary N) is 2. The maximum Gasteiger partial charge on any atom is 1.00 e. The summed E-state index contributed by atoms with van der Waals surface area (Å²) in [6, 6.07) is 10.9. The van der Waals surface area contributed by atoms with Crippen LogP contribution in [0.2, 0.25) is 0 Å². The van der Waals surface area contributed by atoms with E-state index >= 15 is 0 Å². The Hall–Kier alpha value is -2.03. The molecule has 0 radical (unpaired) electrons. The molecule has 6 aromatic rings. The summed E-state index contributed by atoms with van der Waals surface area (Å²) in [5.41, 5.74) is 14.5. The number of hydrogen-bond acceptors (Lipinski definition) is 25. The molecule has 39 heteroatoms. The van der Waals surface area contributed by atoms with Crippen LogP contribution in [-0.4, -0.2) is 147 Å². The van der Waals surface area contributed by atoms with E-state index < -0.39 is 58.8 Å². The number of carboxylic acids is 2. The number of nitrogens with zero attached hydrogens (tertiary/aromatic N) is 6. The Kier molecular flexibility index (Phi) is 55.9. The van der Waals surface area contributed by atoms with Crippen molar-refractivity contribution < 1.29 is 208 Å². The summed E-state index contributed by atoms with van der Waals surface area (Å²) in [6.45, 7) is 13.8. The van der Waals surface area contributed by atoms with Gasteiger partial charge in [-0.1, -0.05) is 7.43 Å². The van der Waals surface area contributed by atoms with Crippen molar-refractivity contribution >= 4 is 177 Å². The van der Waals surface area contributed by atoms with Crippen molar-refractivity contribution in [1.82, 2.24) is 25.6 Å². The molecule has 2 amide bonds. The van der Waals surface area contributed by atoms with Crippen molar-refractivity contribution in [3.8, 4) is 37.2 Å². The van der Waals surface area contributed by atoms with E-state index in [1.165, 1.54) is 70.0 Å². The van der Waals surface area contributed by atoms with Crippen LogP contribution in [0.1, 0.15) is 91.1 Å². The maximum atomic E-state index is 14.0. The minimum Gasteiger partial charge on any atom is -1.00 e. The number of hydrogen-bond donors (Lipinski definition) is 8. The van der Waals surface area contributed by atoms with E-state index in [9.17, 15) is 32.3 Å². The number of carbonyl (C=O) groups is 5. The van der Waals surface area contributed by atoms with Gasteiger partial charge in [-0.15, -0.1) is 57.4 Å². The van der Waals surface area contributed by atoms with E-state index in [0.717, 1.165) is 28.8 Å². The molecular formula is C56H72ClF3I3K2N11O14S5. The van der Waals surface area contributed by atoms with Crippen molar-refractivity contribution in [3.05, 3.63) is 68.9 Å². The maximum absolute atomic E-state index is 14.0. The number of alkyl carbamates (subject to hydrolysis) is 2. The molecule has 0 saturated carbocycles. The van der Waals surface area contributed by atoms with Crippen LogP contribution < -0.4 is 167 Å². The SMILES string of the molecule is C.CC(C)(C)OC(=O)NCCCCl.CC(C)(C)OC(=O)NCCCOc1cc2sc(C#N)nc2cc1F.IC#C[I-]I.N#Cc1nc2cc(F)c(OCCC[NH3+])cc2s1.NCCCOc1cc2sc(C3=N[C@@H](C(=O)O)CS3)nc2cc1F.N[C@H](CS)C(=O)O.O=CO[O-].[H-].[K+].[K+]. The molecule has 0 spiro atoms. The fraction of sp³-hybridized carbons (Fsp3) is 0.446. The molecule has 3 aromatic carbocycles. The molecule has 1 aliphatic heterocycles. The third kappa shape index (κ3) is 42.1. The zero-order valence-corrected chi connectivity index (χ0v) is 69.8. The van der Waals surface area contributed by atoms with Crippen LogP contribution >= 0.6 is 111 Å². The second-order valence-corrected chi connectivity index (χ2v) is 28.4. The van der Waals surface area contributed by atoms with Gasteiger partial charge in [0.05, 0.1) is 57.0 Å². The number of halogens is 7. The number of aromatic nitrogens is 3. The van der Waals surface area contributed by atoms with Crippen LogP contribution in [0.5, 0.6) is 17.2 Å². The molecule has 7 rings (SSSR count). The van der Waals surface area contributed by atoms with Crippen molar-refractivity contribution in [2.75, 3.05) is 63.4 Å². The molecule has 0 aliphatic carbocycles. The second kappa shape index (κ2) is 54.7. The van der Waals surface area contributed by atoms with E-state index in [0.29, 0.717) is 93.6 Å². The number of ether oxygens (including phenoxy) is 5. The van der Waals surface area contributed by atoms with Gasteiger partial charge in [-0.05, 0) is 67.3 Å². The minimum atomic E-state index is -1.00. The average Bonchev–Trinajstić information content (AvgIpc) is 1.66. The monoisotopic (exact) mass is 1830 g/mol. The van der Waals surface area contributed by atoms with Gasteiger partial charge in [0.2, 0.25) is 0 Å². The summed E-state index contributed by atoms with van der Waals surface area (Å²) in [5, 5.41) is 50.0. The Balaban J connectivity index is -0.000000549. The quantitative estimate of drug-likeness (QED) is 0.00559. The van der Waals surface area contributed by atoms with Crippen molar-refractivity contribution in [3.63, 3.8) is 0 Å². The number of quaternary nitrogens is 1. The topological polar surface area (TPSA) is 407 Å². The zero-order chi connectivity index (χ0) is 69.4. The van der Waals surface area contributed by atoms with Crippen molar-refractivity contribution in [2.45, 2.75) is 97.9 Å². The number of thioether (sulfide) groups is 1. The van der Waals surface area contributed by atoms with E-state index in [1.807, 2.05) is 55.5 Å². The number of rotatable bonds is 21. The number of benzene rings is 3. The number of thiol groups is 1. The van der Waals surface area contributed by atoms with E-state index in [2.05, 4.69) is 80.3 Å². The van der Waals surface area contributed by atoms with Crippen molar-refractivity contribution in [1.29, 1.82) is 10.5 Å². The molecule has 11 N–H and O–H groups in total. The van der Waals surface area contributed by atoms with E-state index in [1.54, 1.807) is 32.9 Å². The summed E-state index contributed by atoms with van der Waals surface area (Å²) >= 11 is 18.8. The van der Waals surface area contributed by atoms with Gasteiger partial charge in [-0.3, -0.25) is 14.6 Å². The van der Waals surface area contributed by atoms with Crippen LogP contribution in [0.3, 0.4) is 0 Å². The Morgan fingerprint density at radius 3 is 1.57 bits per heavy atom. The number of carboxylic acid groups (broad SMARTS) is 2. The number of nitrogens with two attached hydrogens (primary N) is 2. The molecule has 25 nitrogen and oxygen atoms in total.